The van der Waals surface area contributed by atoms with Gasteiger partial charge < -0.3 is 0 Å². The molecule has 1 unspecified atom stereocenters. The van der Waals surface area contributed by atoms with Gasteiger partial charge in [-0.15, -0.1) is 0 Å². The molecule has 0 aromatic heterocycles. The van der Waals surface area contributed by atoms with Crippen molar-refractivity contribution in [2.45, 2.75) is 66.6 Å². The van der Waals surface area contributed by atoms with Crippen molar-refractivity contribution in [2.24, 2.45) is 0 Å². The summed E-state index contributed by atoms with van der Waals surface area (Å²) in [5.74, 6) is 1.11. The van der Waals surface area contributed by atoms with Gasteiger partial charge in [0.1, 0.15) is 0 Å². The molecule has 1 aliphatic rings. The summed E-state index contributed by atoms with van der Waals surface area (Å²) in [6, 6.07) is 23.0. The predicted molar refractivity (Wildman–Crippen MR) is 193 cm³/mol. The van der Waals surface area contributed by atoms with Gasteiger partial charge in [0.05, 0.1) is 0 Å². The second-order valence-electron chi connectivity index (χ2n) is 14.1. The Kier molecular flexibility index (Phi) is 10.6. The number of nitrogens with zero attached hydrogens (tertiary/aromatic N) is 2. The van der Waals surface area contributed by atoms with Crippen LogP contribution in [-0.4, -0.2) is 43.4 Å². The normalized spacial score (nSPS) is 17.2. The number of aryl methyl sites for hydroxylation is 1. The third-order valence-electron chi connectivity index (χ3n) is 8.79. The van der Waals surface area contributed by atoms with Gasteiger partial charge in [0, 0.05) is 0 Å². The van der Waals surface area contributed by atoms with Gasteiger partial charge in [-0.3, -0.25) is 0 Å². The molecule has 246 valence electrons. The summed E-state index contributed by atoms with van der Waals surface area (Å²) in [7, 11) is 8.28. The zero-order chi connectivity index (χ0) is 32.6. The average Bonchev–Trinajstić information content (AvgIpc) is 3.26. The molecule has 0 radical (unpaired) electrons. The number of methoxy groups -OCH3 is 1. The molecule has 0 bridgehead atoms. The number of hydrogen-bond donors (Lipinski definition) is 0. The van der Waals surface area contributed by atoms with Gasteiger partial charge in [0.2, 0.25) is 0 Å². The van der Waals surface area contributed by atoms with Crippen LogP contribution >= 0.6 is 0 Å². The second kappa shape index (κ2) is 13.4. The first-order chi connectivity index (χ1) is 20.5. The molecule has 0 fully saturated rings. The van der Waals surface area contributed by atoms with Gasteiger partial charge in [-0.1, -0.05) is 0 Å². The molecule has 0 aliphatic heterocycles. The summed E-state index contributed by atoms with van der Waals surface area (Å²) >= 11 is -1.29. The number of para-hydroxylation sites is 2. The molecule has 0 heterocycles. The summed E-state index contributed by atoms with van der Waals surface area (Å²) in [5.41, 5.74) is 11.1. The van der Waals surface area contributed by atoms with Crippen LogP contribution in [0.5, 0.6) is 5.75 Å². The minimum atomic E-state index is -2.32. The van der Waals surface area contributed by atoms with E-state index in [4.69, 9.17) is 4.74 Å². The first kappa shape index (κ1) is 34.9. The molecular weight excluding hydrogens is 715 g/mol. The van der Waals surface area contributed by atoms with Crippen LogP contribution in [0.15, 0.2) is 84.0 Å². The number of rotatable bonds is 10. The van der Waals surface area contributed by atoms with Crippen molar-refractivity contribution >= 4 is 24.6 Å². The fourth-order valence-corrected chi connectivity index (χ4v) is 21.6. The molecule has 3 nitrogen and oxygen atoms in total. The van der Waals surface area contributed by atoms with Crippen LogP contribution in [0.25, 0.3) is 0 Å². The maximum atomic E-state index is 6.42. The van der Waals surface area contributed by atoms with Crippen molar-refractivity contribution in [2.75, 3.05) is 45.1 Å². The molecule has 44 heavy (non-hydrogen) atoms. The zero-order valence-electron chi connectivity index (χ0n) is 29.4. The molecule has 5 heteroatoms. The number of allylic oxidation sites excluding steroid dienone is 4. The number of hydrogen-bond acceptors (Lipinski definition) is 3. The molecule has 0 saturated heterocycles. The van der Waals surface area contributed by atoms with Crippen molar-refractivity contribution in [3.63, 3.8) is 0 Å². The van der Waals surface area contributed by atoms with E-state index in [9.17, 15) is 0 Å². The van der Waals surface area contributed by atoms with Crippen molar-refractivity contribution in [1.29, 1.82) is 0 Å². The Morgan fingerprint density at radius 3 is 1.70 bits per heavy atom. The van der Waals surface area contributed by atoms with Crippen molar-refractivity contribution < 1.29 is 35.9 Å². The Balaban J connectivity index is 2.06. The third kappa shape index (κ3) is 6.60. The predicted octanol–water partition coefficient (Wildman–Crippen LogP) is 8.97. The Hall–Kier alpha value is -2.01. The van der Waals surface area contributed by atoms with E-state index in [1.54, 1.807) is 0 Å². The molecule has 0 saturated carbocycles. The number of ether oxygens (including phenoxy) is 1. The first-order valence-corrected chi connectivity index (χ1v) is 21.7. The van der Waals surface area contributed by atoms with Crippen LogP contribution in [-0.2, 0) is 10.7 Å². The minimum absolute atomic E-state index is 0.00778. The van der Waals surface area contributed by atoms with Crippen molar-refractivity contribution in [1.82, 2.24) is 0 Å². The van der Waals surface area contributed by atoms with Crippen LogP contribution in [0, 0.1) is 38.0 Å². The van der Waals surface area contributed by atoms with Gasteiger partial charge in [-0.2, -0.15) is 0 Å². The van der Waals surface area contributed by atoms with E-state index >= 15 is 0 Å². The monoisotopic (exact) mass is 770 g/mol. The Morgan fingerprint density at radius 1 is 0.795 bits per heavy atom. The summed E-state index contributed by atoms with van der Waals surface area (Å²) in [6.45, 7) is 19.2. The zero-order valence-corrected chi connectivity index (χ0v) is 32.1. The van der Waals surface area contributed by atoms with Gasteiger partial charge in [0.25, 0.3) is 0 Å². The SMILES string of the molecule is COc1c(C(C)(C)C)cc(C)cc1[Si](C)(C)[C]1([Lu]([CH2]c2ccccc2N(C)C)[CH2]c2ccccc2N(C)C)C=C(C)C=C1C. The summed E-state index contributed by atoms with van der Waals surface area (Å²) in [6.07, 6.45) is 5.20. The fraction of sp³-hybridized carbons (Fsp3) is 0.436. The first-order valence-electron chi connectivity index (χ1n) is 15.5. The standard InChI is InChI=1S/C21H31OSi.2C9H12N.Lu/c1-14-10-16(3)18(12-14)23(8,9)19-13-15(2)11-17(20(19)22-7)21(4,5)6;2*1-8-6-4-5-7-9(8)10(2)3;/h10-13H,1-9H3;2*4-7H,1H2,2-3H3;. The summed E-state index contributed by atoms with van der Waals surface area (Å²) < 4.78 is 8.61. The van der Waals surface area contributed by atoms with E-state index in [1.807, 2.05) is 7.11 Å². The summed E-state index contributed by atoms with van der Waals surface area (Å²) in [4.78, 5) is 4.58. The molecule has 1 aliphatic carbocycles. The Bertz CT molecular complexity index is 1510. The van der Waals surface area contributed by atoms with Crippen LogP contribution in [0.3, 0.4) is 0 Å². The van der Waals surface area contributed by atoms with E-state index < -0.39 is 39.2 Å². The van der Waals surface area contributed by atoms with Gasteiger partial charge >= 0.3 is 284 Å². The number of anilines is 2. The molecule has 3 aromatic carbocycles. The van der Waals surface area contributed by atoms with Crippen molar-refractivity contribution in [3.05, 3.63) is 106 Å². The topological polar surface area (TPSA) is 15.7 Å². The maximum absolute atomic E-state index is 6.42. The fourth-order valence-electron chi connectivity index (χ4n) is 6.63. The van der Waals surface area contributed by atoms with E-state index in [1.165, 1.54) is 50.0 Å². The average molecular weight is 771 g/mol. The van der Waals surface area contributed by atoms with Gasteiger partial charge in [0.15, 0.2) is 0 Å². The second-order valence-corrected chi connectivity index (χ2v) is 23.9. The molecule has 0 N–H and O–H groups in total. The van der Waals surface area contributed by atoms with Crippen LogP contribution in [0.2, 0.25) is 14.4 Å². The molecule has 0 spiro atoms. The third-order valence-corrected chi connectivity index (χ3v) is 22.6. The van der Waals surface area contributed by atoms with Crippen LogP contribution < -0.4 is 19.7 Å². The molecular formula is C39H55LuN2OSi. The van der Waals surface area contributed by atoms with E-state index in [-0.39, 0.29) is 6.67 Å². The Morgan fingerprint density at radius 2 is 1.30 bits per heavy atom. The van der Waals surface area contributed by atoms with Crippen LogP contribution in [0.1, 0.15) is 56.9 Å². The van der Waals surface area contributed by atoms with E-state index in [0.29, 0.717) is 0 Å². The Labute approximate surface area is 282 Å². The van der Waals surface area contributed by atoms with Gasteiger partial charge in [-0.25, -0.2) is 0 Å². The summed E-state index contributed by atoms with van der Waals surface area (Å²) in [5, 5.41) is 1.45. The van der Waals surface area contributed by atoms with E-state index in [2.05, 4.69) is 165 Å². The molecule has 1 atom stereocenters. The molecule has 0 amide bonds. The quantitative estimate of drug-likeness (QED) is 0.192. The number of benzene rings is 3. The molecule has 4 rings (SSSR count). The van der Waals surface area contributed by atoms with E-state index in [0.717, 1.165) is 11.0 Å². The van der Waals surface area contributed by atoms with Gasteiger partial charge in [-0.05, 0) is 0 Å². The molecule has 3 aromatic rings. The van der Waals surface area contributed by atoms with Crippen LogP contribution in [0.4, 0.5) is 11.4 Å². The van der Waals surface area contributed by atoms with Crippen molar-refractivity contribution in [3.8, 4) is 5.75 Å².